The zero-order valence-electron chi connectivity index (χ0n) is 10.9. The minimum absolute atomic E-state index is 0.911. The average Bonchev–Trinajstić information content (AvgIpc) is 2.30. The fourth-order valence-corrected chi connectivity index (χ4v) is 1.74. The van der Waals surface area contributed by atoms with E-state index < -0.39 is 0 Å². The van der Waals surface area contributed by atoms with Crippen molar-refractivity contribution in [2.24, 2.45) is 0 Å². The Balaban J connectivity index is 2.97. The molecule has 16 heavy (non-hydrogen) atoms. The normalized spacial score (nSPS) is 10.5. The number of hydrogen-bond acceptors (Lipinski definition) is 3. The highest BCUT2D eigenvalue weighted by molar-refractivity contribution is 5.45. The SMILES string of the molecule is CCCCc1nc(CC)c(C)c(NCC)n1. The van der Waals surface area contributed by atoms with Gasteiger partial charge in [-0.1, -0.05) is 20.3 Å². The van der Waals surface area contributed by atoms with E-state index in [9.17, 15) is 0 Å². The van der Waals surface area contributed by atoms with E-state index in [0.29, 0.717) is 0 Å². The quantitative estimate of drug-likeness (QED) is 0.802. The predicted molar refractivity (Wildman–Crippen MR) is 68.9 cm³/mol. The number of aromatic nitrogens is 2. The molecular weight excluding hydrogens is 198 g/mol. The second kappa shape index (κ2) is 6.46. The van der Waals surface area contributed by atoms with Crippen LogP contribution in [0.3, 0.4) is 0 Å². The average molecular weight is 221 g/mol. The highest BCUT2D eigenvalue weighted by Crippen LogP contribution is 2.16. The molecule has 0 saturated heterocycles. The Hall–Kier alpha value is -1.12. The van der Waals surface area contributed by atoms with Gasteiger partial charge in [0.25, 0.3) is 0 Å². The molecule has 0 aliphatic heterocycles. The smallest absolute Gasteiger partial charge is 0.132 e. The van der Waals surface area contributed by atoms with Crippen LogP contribution in [0, 0.1) is 6.92 Å². The van der Waals surface area contributed by atoms with Crippen LogP contribution in [-0.2, 0) is 12.8 Å². The lowest BCUT2D eigenvalue weighted by atomic mass is 10.1. The molecule has 1 rings (SSSR count). The first-order valence-electron chi connectivity index (χ1n) is 6.33. The Kier molecular flexibility index (Phi) is 5.23. The van der Waals surface area contributed by atoms with Crippen LogP contribution in [-0.4, -0.2) is 16.5 Å². The van der Waals surface area contributed by atoms with Gasteiger partial charge >= 0.3 is 0 Å². The largest absolute Gasteiger partial charge is 0.370 e. The third-order valence-electron chi connectivity index (χ3n) is 2.73. The lowest BCUT2D eigenvalue weighted by molar-refractivity contribution is 0.741. The van der Waals surface area contributed by atoms with E-state index in [0.717, 1.165) is 37.4 Å². The van der Waals surface area contributed by atoms with Crippen LogP contribution in [0.15, 0.2) is 0 Å². The van der Waals surface area contributed by atoms with E-state index >= 15 is 0 Å². The second-order valence-corrected chi connectivity index (χ2v) is 4.05. The van der Waals surface area contributed by atoms with E-state index in [1.165, 1.54) is 17.7 Å². The van der Waals surface area contributed by atoms with E-state index in [-0.39, 0.29) is 0 Å². The van der Waals surface area contributed by atoms with E-state index in [1.807, 2.05) is 0 Å². The van der Waals surface area contributed by atoms with Crippen LogP contribution in [0.1, 0.15) is 50.7 Å². The van der Waals surface area contributed by atoms with Crippen molar-refractivity contribution in [1.82, 2.24) is 9.97 Å². The molecule has 0 amide bonds. The van der Waals surface area contributed by atoms with Crippen LogP contribution < -0.4 is 5.32 Å². The lowest BCUT2D eigenvalue weighted by Gasteiger charge is -2.12. The van der Waals surface area contributed by atoms with Crippen molar-refractivity contribution in [3.05, 3.63) is 17.1 Å². The maximum Gasteiger partial charge on any atom is 0.132 e. The number of anilines is 1. The van der Waals surface area contributed by atoms with Crippen molar-refractivity contribution in [3.63, 3.8) is 0 Å². The summed E-state index contributed by atoms with van der Waals surface area (Å²) in [4.78, 5) is 9.21. The zero-order valence-corrected chi connectivity index (χ0v) is 10.9. The van der Waals surface area contributed by atoms with Gasteiger partial charge in [-0.3, -0.25) is 0 Å². The maximum atomic E-state index is 4.62. The number of rotatable bonds is 6. The molecule has 0 aromatic carbocycles. The van der Waals surface area contributed by atoms with Crippen molar-refractivity contribution in [2.75, 3.05) is 11.9 Å². The summed E-state index contributed by atoms with van der Waals surface area (Å²) in [6, 6.07) is 0. The summed E-state index contributed by atoms with van der Waals surface area (Å²) in [5.74, 6) is 2.00. The molecule has 1 aromatic heterocycles. The van der Waals surface area contributed by atoms with Gasteiger partial charge in [0.1, 0.15) is 11.6 Å². The predicted octanol–water partition coefficient (Wildman–Crippen LogP) is 3.12. The Morgan fingerprint density at radius 1 is 1.12 bits per heavy atom. The molecule has 0 bridgehead atoms. The standard InChI is InChI=1S/C13H23N3/c1-5-8-9-12-15-11(6-2)10(4)13(16-12)14-7-3/h5-9H2,1-4H3,(H,14,15,16). The monoisotopic (exact) mass is 221 g/mol. The maximum absolute atomic E-state index is 4.62. The Labute approximate surface area is 98.7 Å². The summed E-state index contributed by atoms with van der Waals surface area (Å²) in [5, 5.41) is 3.32. The summed E-state index contributed by atoms with van der Waals surface area (Å²) in [5.41, 5.74) is 2.38. The molecule has 3 nitrogen and oxygen atoms in total. The van der Waals surface area contributed by atoms with Crippen LogP contribution in [0.25, 0.3) is 0 Å². The first-order valence-corrected chi connectivity index (χ1v) is 6.33. The molecular formula is C13H23N3. The van der Waals surface area contributed by atoms with Gasteiger partial charge in [-0.2, -0.15) is 0 Å². The summed E-state index contributed by atoms with van der Waals surface area (Å²) in [6.45, 7) is 9.45. The van der Waals surface area contributed by atoms with E-state index in [4.69, 9.17) is 0 Å². The molecule has 0 aliphatic carbocycles. The van der Waals surface area contributed by atoms with Crippen LogP contribution in [0.5, 0.6) is 0 Å². The summed E-state index contributed by atoms with van der Waals surface area (Å²) < 4.78 is 0. The van der Waals surface area contributed by atoms with Crippen molar-refractivity contribution < 1.29 is 0 Å². The molecule has 0 atom stereocenters. The van der Waals surface area contributed by atoms with Gasteiger partial charge in [0.05, 0.1) is 0 Å². The Morgan fingerprint density at radius 3 is 2.44 bits per heavy atom. The molecule has 1 aromatic rings. The van der Waals surface area contributed by atoms with Gasteiger partial charge in [0.2, 0.25) is 0 Å². The van der Waals surface area contributed by atoms with Gasteiger partial charge in [-0.25, -0.2) is 9.97 Å². The molecule has 0 unspecified atom stereocenters. The topological polar surface area (TPSA) is 37.8 Å². The number of hydrogen-bond donors (Lipinski definition) is 1. The lowest BCUT2D eigenvalue weighted by Crippen LogP contribution is -2.09. The zero-order chi connectivity index (χ0) is 12.0. The van der Waals surface area contributed by atoms with E-state index in [1.54, 1.807) is 0 Å². The number of nitrogens with one attached hydrogen (secondary N) is 1. The van der Waals surface area contributed by atoms with Crippen molar-refractivity contribution >= 4 is 5.82 Å². The van der Waals surface area contributed by atoms with Gasteiger partial charge in [-0.05, 0) is 26.7 Å². The Bertz CT molecular complexity index is 334. The minimum Gasteiger partial charge on any atom is -0.370 e. The summed E-state index contributed by atoms with van der Waals surface area (Å²) in [7, 11) is 0. The van der Waals surface area contributed by atoms with Gasteiger partial charge in [0.15, 0.2) is 0 Å². The highest BCUT2D eigenvalue weighted by Gasteiger charge is 2.08. The highest BCUT2D eigenvalue weighted by atomic mass is 15.0. The van der Waals surface area contributed by atoms with Crippen molar-refractivity contribution in [2.45, 2.75) is 53.4 Å². The third kappa shape index (κ3) is 3.19. The van der Waals surface area contributed by atoms with E-state index in [2.05, 4.69) is 43.0 Å². The number of unbranched alkanes of at least 4 members (excludes halogenated alkanes) is 1. The number of aryl methyl sites for hydroxylation is 2. The Morgan fingerprint density at radius 2 is 1.88 bits per heavy atom. The fraction of sp³-hybridized carbons (Fsp3) is 0.692. The first-order chi connectivity index (χ1) is 7.72. The molecule has 3 heteroatoms. The first kappa shape index (κ1) is 12.9. The van der Waals surface area contributed by atoms with Crippen molar-refractivity contribution in [1.29, 1.82) is 0 Å². The van der Waals surface area contributed by atoms with Gasteiger partial charge in [0, 0.05) is 24.2 Å². The summed E-state index contributed by atoms with van der Waals surface area (Å²) in [6.07, 6.45) is 4.32. The number of nitrogens with zero attached hydrogens (tertiary/aromatic N) is 2. The van der Waals surface area contributed by atoms with Crippen LogP contribution >= 0.6 is 0 Å². The van der Waals surface area contributed by atoms with Crippen LogP contribution in [0.2, 0.25) is 0 Å². The molecule has 0 aliphatic rings. The molecule has 0 spiro atoms. The minimum atomic E-state index is 0.911. The summed E-state index contributed by atoms with van der Waals surface area (Å²) >= 11 is 0. The van der Waals surface area contributed by atoms with Crippen molar-refractivity contribution in [3.8, 4) is 0 Å². The second-order valence-electron chi connectivity index (χ2n) is 4.05. The molecule has 1 heterocycles. The molecule has 0 saturated carbocycles. The molecule has 1 N–H and O–H groups in total. The van der Waals surface area contributed by atoms with Gasteiger partial charge < -0.3 is 5.32 Å². The molecule has 0 fully saturated rings. The third-order valence-corrected chi connectivity index (χ3v) is 2.73. The van der Waals surface area contributed by atoms with Gasteiger partial charge in [-0.15, -0.1) is 0 Å². The molecule has 90 valence electrons. The molecule has 0 radical (unpaired) electrons. The van der Waals surface area contributed by atoms with Crippen LogP contribution in [0.4, 0.5) is 5.82 Å². The fourth-order valence-electron chi connectivity index (χ4n) is 1.74.